The van der Waals surface area contributed by atoms with Gasteiger partial charge in [0.2, 0.25) is 10.0 Å². The van der Waals surface area contributed by atoms with E-state index in [1.807, 2.05) is 25.1 Å². The van der Waals surface area contributed by atoms with Gasteiger partial charge in [0, 0.05) is 25.0 Å². The van der Waals surface area contributed by atoms with Crippen molar-refractivity contribution in [1.82, 2.24) is 9.29 Å². The molecule has 2 aromatic carbocycles. The van der Waals surface area contributed by atoms with E-state index in [1.165, 1.54) is 0 Å². The summed E-state index contributed by atoms with van der Waals surface area (Å²) >= 11 is 0. The maximum absolute atomic E-state index is 12.3. The van der Waals surface area contributed by atoms with Crippen LogP contribution < -0.4 is 10.3 Å². The van der Waals surface area contributed by atoms with Gasteiger partial charge in [-0.15, -0.1) is 0 Å². The Balaban J connectivity index is 1.90. The van der Waals surface area contributed by atoms with Crippen LogP contribution in [-0.4, -0.2) is 13.0 Å². The van der Waals surface area contributed by atoms with Crippen molar-refractivity contribution in [3.63, 3.8) is 0 Å². The number of fused-ring (bicyclic) bond motifs is 1. The van der Waals surface area contributed by atoms with Crippen molar-refractivity contribution in [2.24, 2.45) is 7.05 Å². The zero-order valence-electron chi connectivity index (χ0n) is 13.5. The number of benzene rings is 2. The summed E-state index contributed by atoms with van der Waals surface area (Å²) < 4.78 is 28.7. The first kappa shape index (κ1) is 16.4. The lowest BCUT2D eigenvalue weighted by Crippen LogP contribution is -2.23. The van der Waals surface area contributed by atoms with Gasteiger partial charge in [-0.1, -0.05) is 24.3 Å². The maximum atomic E-state index is 12.3. The fourth-order valence-electron chi connectivity index (χ4n) is 2.64. The summed E-state index contributed by atoms with van der Waals surface area (Å²) in [5.41, 5.74) is 2.48. The molecular weight excluding hydrogens is 324 g/mol. The lowest BCUT2D eigenvalue weighted by Gasteiger charge is -2.11. The van der Waals surface area contributed by atoms with Crippen molar-refractivity contribution >= 4 is 20.9 Å². The third-order valence-electron chi connectivity index (χ3n) is 4.04. The van der Waals surface area contributed by atoms with Crippen molar-refractivity contribution in [3.8, 4) is 0 Å². The molecule has 0 saturated carbocycles. The van der Waals surface area contributed by atoms with Gasteiger partial charge >= 0.3 is 0 Å². The molecule has 1 N–H and O–H groups in total. The van der Waals surface area contributed by atoms with Crippen molar-refractivity contribution in [2.45, 2.75) is 18.4 Å². The van der Waals surface area contributed by atoms with Crippen LogP contribution in [0.3, 0.4) is 0 Å². The monoisotopic (exact) mass is 342 g/mol. The molecule has 0 aliphatic rings. The Morgan fingerprint density at radius 3 is 2.46 bits per heavy atom. The standard InChI is InChI=1S/C18H18N2O3S/c1-13-10-18(21)20(2)17-9-8-14(11-16(13)17)12-19-24(22,23)15-6-4-3-5-7-15/h3-11,19H,12H2,1-2H3. The molecule has 3 rings (SSSR count). The molecule has 0 fully saturated rings. The number of nitrogens with zero attached hydrogens (tertiary/aromatic N) is 1. The van der Waals surface area contributed by atoms with E-state index < -0.39 is 10.0 Å². The first-order chi connectivity index (χ1) is 11.4. The Labute approximate surface area is 140 Å². The minimum atomic E-state index is -3.54. The van der Waals surface area contributed by atoms with Crippen molar-refractivity contribution < 1.29 is 8.42 Å². The van der Waals surface area contributed by atoms with Crippen LogP contribution in [0.4, 0.5) is 0 Å². The minimum absolute atomic E-state index is 0.0578. The first-order valence-electron chi connectivity index (χ1n) is 7.52. The smallest absolute Gasteiger partial charge is 0.251 e. The molecule has 0 radical (unpaired) electrons. The maximum Gasteiger partial charge on any atom is 0.251 e. The summed E-state index contributed by atoms with van der Waals surface area (Å²) in [5.74, 6) is 0. The van der Waals surface area contributed by atoms with E-state index in [9.17, 15) is 13.2 Å². The molecule has 0 aliphatic carbocycles. The number of nitrogens with one attached hydrogen (secondary N) is 1. The Kier molecular flexibility index (Phi) is 4.26. The highest BCUT2D eigenvalue weighted by Gasteiger charge is 2.13. The summed E-state index contributed by atoms with van der Waals surface area (Å²) in [5, 5.41) is 0.938. The molecule has 5 nitrogen and oxygen atoms in total. The molecule has 0 saturated heterocycles. The normalized spacial score (nSPS) is 11.8. The Morgan fingerprint density at radius 2 is 1.75 bits per heavy atom. The Bertz CT molecular complexity index is 1050. The average molecular weight is 342 g/mol. The van der Waals surface area contributed by atoms with Crippen molar-refractivity contribution in [3.05, 3.63) is 76.1 Å². The molecule has 3 aromatic rings. The summed E-state index contributed by atoms with van der Waals surface area (Å²) in [6, 6.07) is 15.4. The quantitative estimate of drug-likeness (QED) is 0.791. The van der Waals surface area contributed by atoms with Gasteiger partial charge in [-0.25, -0.2) is 13.1 Å². The predicted molar refractivity (Wildman–Crippen MR) is 94.4 cm³/mol. The molecule has 1 aromatic heterocycles. The number of aromatic nitrogens is 1. The highest BCUT2D eigenvalue weighted by Crippen LogP contribution is 2.18. The Hall–Kier alpha value is -2.44. The second-order valence-electron chi connectivity index (χ2n) is 5.71. The number of pyridine rings is 1. The number of aryl methyl sites for hydroxylation is 2. The third-order valence-corrected chi connectivity index (χ3v) is 5.45. The van der Waals surface area contributed by atoms with Crippen LogP contribution in [0.5, 0.6) is 0 Å². The molecule has 0 aliphatic heterocycles. The molecule has 124 valence electrons. The molecular formula is C18H18N2O3S. The SMILES string of the molecule is Cc1cc(=O)n(C)c2ccc(CNS(=O)(=O)c3ccccc3)cc12. The van der Waals surface area contributed by atoms with Crippen LogP contribution in [-0.2, 0) is 23.6 Å². The van der Waals surface area contributed by atoms with Crippen LogP contribution in [0.15, 0.2) is 64.3 Å². The van der Waals surface area contributed by atoms with Crippen molar-refractivity contribution in [1.29, 1.82) is 0 Å². The van der Waals surface area contributed by atoms with E-state index >= 15 is 0 Å². The predicted octanol–water partition coefficient (Wildman–Crippen LogP) is 2.33. The van der Waals surface area contributed by atoms with Gasteiger partial charge in [0.25, 0.3) is 5.56 Å². The van der Waals surface area contributed by atoms with E-state index in [4.69, 9.17) is 0 Å². The molecule has 0 bridgehead atoms. The lowest BCUT2D eigenvalue weighted by molar-refractivity contribution is 0.581. The zero-order valence-corrected chi connectivity index (χ0v) is 14.3. The van der Waals surface area contributed by atoms with Crippen LogP contribution in [0.25, 0.3) is 10.9 Å². The van der Waals surface area contributed by atoms with Crippen molar-refractivity contribution in [2.75, 3.05) is 0 Å². The van der Waals surface area contributed by atoms with Gasteiger partial charge in [-0.05, 0) is 42.3 Å². The summed E-state index contributed by atoms with van der Waals surface area (Å²) in [7, 11) is -1.82. The average Bonchev–Trinajstić information content (AvgIpc) is 2.59. The lowest BCUT2D eigenvalue weighted by atomic mass is 10.1. The van der Waals surface area contributed by atoms with Crippen LogP contribution in [0.1, 0.15) is 11.1 Å². The van der Waals surface area contributed by atoms with E-state index in [-0.39, 0.29) is 17.0 Å². The summed E-state index contributed by atoms with van der Waals surface area (Å²) in [6.45, 7) is 2.07. The minimum Gasteiger partial charge on any atom is -0.311 e. The molecule has 0 unspecified atom stereocenters. The van der Waals surface area contributed by atoms with Gasteiger partial charge in [0.15, 0.2) is 0 Å². The number of sulfonamides is 1. The highest BCUT2D eigenvalue weighted by molar-refractivity contribution is 7.89. The number of rotatable bonds is 4. The van der Waals surface area contributed by atoms with Gasteiger partial charge in [-0.3, -0.25) is 4.79 Å². The molecule has 6 heteroatoms. The van der Waals surface area contributed by atoms with Crippen LogP contribution in [0.2, 0.25) is 0 Å². The second-order valence-corrected chi connectivity index (χ2v) is 7.48. The topological polar surface area (TPSA) is 68.2 Å². The molecule has 0 amide bonds. The van der Waals surface area contributed by atoms with Gasteiger partial charge in [0.1, 0.15) is 0 Å². The first-order valence-corrected chi connectivity index (χ1v) is 9.01. The molecule has 0 spiro atoms. The van der Waals surface area contributed by atoms with Gasteiger partial charge in [-0.2, -0.15) is 0 Å². The van der Waals surface area contributed by atoms with Gasteiger partial charge in [0.05, 0.1) is 10.4 Å². The summed E-state index contributed by atoms with van der Waals surface area (Å²) in [4.78, 5) is 12.1. The van der Waals surface area contributed by atoms with Crippen LogP contribution >= 0.6 is 0 Å². The third kappa shape index (κ3) is 3.11. The van der Waals surface area contributed by atoms with E-state index in [0.717, 1.165) is 22.0 Å². The van der Waals surface area contributed by atoms with E-state index in [0.29, 0.717) is 0 Å². The second kappa shape index (κ2) is 6.22. The van der Waals surface area contributed by atoms with Gasteiger partial charge < -0.3 is 4.57 Å². The fraction of sp³-hybridized carbons (Fsp3) is 0.167. The fourth-order valence-corrected chi connectivity index (χ4v) is 3.68. The number of hydrogen-bond donors (Lipinski definition) is 1. The Morgan fingerprint density at radius 1 is 1.04 bits per heavy atom. The van der Waals surface area contributed by atoms with Crippen LogP contribution in [0, 0.1) is 6.92 Å². The highest BCUT2D eigenvalue weighted by atomic mass is 32.2. The molecule has 0 atom stereocenters. The summed E-state index contributed by atoms with van der Waals surface area (Å²) in [6.07, 6.45) is 0. The molecule has 1 heterocycles. The largest absolute Gasteiger partial charge is 0.311 e. The van der Waals surface area contributed by atoms with E-state index in [2.05, 4.69) is 4.72 Å². The zero-order chi connectivity index (χ0) is 17.3. The van der Waals surface area contributed by atoms with E-state index in [1.54, 1.807) is 48.0 Å². The number of hydrogen-bond acceptors (Lipinski definition) is 3. The molecule has 24 heavy (non-hydrogen) atoms.